The van der Waals surface area contributed by atoms with Crippen molar-refractivity contribution in [3.8, 4) is 11.5 Å². The third kappa shape index (κ3) is 5.52. The van der Waals surface area contributed by atoms with Gasteiger partial charge in [-0.1, -0.05) is 18.2 Å². The van der Waals surface area contributed by atoms with E-state index in [1.807, 2.05) is 12.1 Å². The molecule has 1 fully saturated rings. The summed E-state index contributed by atoms with van der Waals surface area (Å²) in [5.41, 5.74) is 1.68. The van der Waals surface area contributed by atoms with Crippen LogP contribution in [0.5, 0.6) is 11.5 Å². The highest BCUT2D eigenvalue weighted by Gasteiger charge is 2.36. The molecular weight excluding hydrogens is 538 g/mol. The molecule has 11 heteroatoms. The van der Waals surface area contributed by atoms with Gasteiger partial charge in [0.05, 0.1) is 28.0 Å². The van der Waals surface area contributed by atoms with E-state index in [2.05, 4.69) is 20.9 Å². The van der Waals surface area contributed by atoms with Gasteiger partial charge in [0, 0.05) is 24.0 Å². The first-order valence-corrected chi connectivity index (χ1v) is 11.8. The molecule has 4 rings (SSSR count). The topological polar surface area (TPSA) is 112 Å². The van der Waals surface area contributed by atoms with E-state index in [0.29, 0.717) is 28.1 Å². The molecule has 0 radical (unpaired) electrons. The first-order chi connectivity index (χ1) is 16.9. The molecule has 0 atom stereocenters. The lowest BCUT2D eigenvalue weighted by Gasteiger charge is -2.14. The van der Waals surface area contributed by atoms with E-state index in [9.17, 15) is 19.7 Å². The molecule has 0 N–H and O–H groups in total. The van der Waals surface area contributed by atoms with Crippen LogP contribution in [0.15, 0.2) is 70.3 Å². The minimum atomic E-state index is -0.535. The van der Waals surface area contributed by atoms with Crippen molar-refractivity contribution >= 4 is 50.6 Å². The fraction of sp³-hybridized carbons (Fsp3) is 0.125. The number of nitrogens with zero attached hydrogens (tertiary/aromatic N) is 3. The number of hydrogen-bond donors (Lipinski definition) is 0. The fourth-order valence-electron chi connectivity index (χ4n) is 3.38. The summed E-state index contributed by atoms with van der Waals surface area (Å²) in [4.78, 5) is 41.4. The van der Waals surface area contributed by atoms with Crippen molar-refractivity contribution in [1.29, 1.82) is 0 Å². The summed E-state index contributed by atoms with van der Waals surface area (Å²) < 4.78 is 12.0. The predicted octanol–water partition coefficient (Wildman–Crippen LogP) is 5.58. The average molecular weight is 556 g/mol. The molecule has 9 nitrogen and oxygen atoms in total. The van der Waals surface area contributed by atoms with Crippen LogP contribution in [0.2, 0.25) is 0 Å². The largest absolute Gasteiger partial charge is 0.493 e. The number of nitro groups is 1. The van der Waals surface area contributed by atoms with Gasteiger partial charge in [0.2, 0.25) is 0 Å². The van der Waals surface area contributed by atoms with Gasteiger partial charge in [-0.3, -0.25) is 29.6 Å². The van der Waals surface area contributed by atoms with Crippen molar-refractivity contribution in [2.45, 2.75) is 13.2 Å². The number of benzene rings is 2. The van der Waals surface area contributed by atoms with Crippen molar-refractivity contribution in [1.82, 2.24) is 9.88 Å². The first kappa shape index (κ1) is 24.4. The Balaban J connectivity index is 1.55. The zero-order chi connectivity index (χ0) is 24.9. The van der Waals surface area contributed by atoms with Crippen molar-refractivity contribution in [2.75, 3.05) is 7.11 Å². The van der Waals surface area contributed by atoms with Crippen molar-refractivity contribution < 1.29 is 24.0 Å². The number of pyridine rings is 1. The lowest BCUT2D eigenvalue weighted by molar-refractivity contribution is -0.385. The number of amides is 2. The van der Waals surface area contributed by atoms with Crippen molar-refractivity contribution in [2.24, 2.45) is 0 Å². The van der Waals surface area contributed by atoms with Crippen LogP contribution in [-0.4, -0.2) is 33.1 Å². The van der Waals surface area contributed by atoms with Crippen LogP contribution in [0.4, 0.5) is 10.5 Å². The normalized spacial score (nSPS) is 14.5. The van der Waals surface area contributed by atoms with Gasteiger partial charge in [-0.05, 0) is 69.2 Å². The van der Waals surface area contributed by atoms with Gasteiger partial charge in [-0.2, -0.15) is 0 Å². The van der Waals surface area contributed by atoms with Gasteiger partial charge >= 0.3 is 0 Å². The molecule has 0 unspecified atom stereocenters. The zero-order valence-corrected chi connectivity index (χ0v) is 20.7. The van der Waals surface area contributed by atoms with Gasteiger partial charge in [0.1, 0.15) is 6.61 Å². The molecule has 2 amide bonds. The highest BCUT2D eigenvalue weighted by Crippen LogP contribution is 2.40. The molecule has 1 aliphatic heterocycles. The molecule has 0 spiro atoms. The van der Waals surface area contributed by atoms with Crippen LogP contribution in [0.1, 0.15) is 16.7 Å². The molecule has 35 heavy (non-hydrogen) atoms. The lowest BCUT2D eigenvalue weighted by atomic mass is 10.1. The molecule has 1 saturated heterocycles. The van der Waals surface area contributed by atoms with Gasteiger partial charge in [-0.15, -0.1) is 0 Å². The number of nitro benzene ring substituents is 1. The van der Waals surface area contributed by atoms with Crippen LogP contribution in [0.3, 0.4) is 0 Å². The Morgan fingerprint density at radius 1 is 1.17 bits per heavy atom. The van der Waals surface area contributed by atoms with E-state index in [1.165, 1.54) is 25.3 Å². The molecule has 0 bridgehead atoms. The maximum Gasteiger partial charge on any atom is 0.293 e. The summed E-state index contributed by atoms with van der Waals surface area (Å²) in [6, 6.07) is 13.2. The molecular formula is C24H18BrN3O6S. The molecule has 2 aromatic carbocycles. The Morgan fingerprint density at radius 3 is 2.63 bits per heavy atom. The molecule has 178 valence electrons. The number of thioether (sulfide) groups is 1. The lowest BCUT2D eigenvalue weighted by Crippen LogP contribution is -2.27. The SMILES string of the molecule is COc1cc(/C=C2\SC(=O)N(Cc3ccccc3[N+](=O)[O-])C2=O)cc(Br)c1OCc1ccncc1. The maximum atomic E-state index is 12.9. The van der Waals surface area contributed by atoms with E-state index in [4.69, 9.17) is 9.47 Å². The summed E-state index contributed by atoms with van der Waals surface area (Å²) in [5, 5.41) is 10.8. The Morgan fingerprint density at radius 2 is 1.91 bits per heavy atom. The van der Waals surface area contributed by atoms with Crippen LogP contribution in [0.25, 0.3) is 6.08 Å². The Hall–Kier alpha value is -3.70. The number of carbonyl (C=O) groups excluding carboxylic acids is 2. The highest BCUT2D eigenvalue weighted by atomic mass is 79.9. The molecule has 1 aromatic heterocycles. The number of aromatic nitrogens is 1. The van der Waals surface area contributed by atoms with E-state index in [-0.39, 0.29) is 22.7 Å². The van der Waals surface area contributed by atoms with Gasteiger partial charge < -0.3 is 9.47 Å². The summed E-state index contributed by atoms with van der Waals surface area (Å²) in [6.45, 7) is 0.120. The van der Waals surface area contributed by atoms with Crippen molar-refractivity contribution in [3.63, 3.8) is 0 Å². The van der Waals surface area contributed by atoms with E-state index >= 15 is 0 Å². The third-order valence-electron chi connectivity index (χ3n) is 5.07. The van der Waals surface area contributed by atoms with Gasteiger partial charge in [-0.25, -0.2) is 0 Å². The highest BCUT2D eigenvalue weighted by molar-refractivity contribution is 9.10. The maximum absolute atomic E-state index is 12.9. The van der Waals surface area contributed by atoms with Gasteiger partial charge in [0.25, 0.3) is 16.8 Å². The molecule has 3 aromatic rings. The number of hydrogen-bond acceptors (Lipinski definition) is 8. The Bertz CT molecular complexity index is 1330. The van der Waals surface area contributed by atoms with Crippen LogP contribution in [-0.2, 0) is 17.9 Å². The molecule has 2 heterocycles. The summed E-state index contributed by atoms with van der Waals surface area (Å²) in [7, 11) is 1.51. The predicted molar refractivity (Wildman–Crippen MR) is 134 cm³/mol. The number of methoxy groups -OCH3 is 1. The summed E-state index contributed by atoms with van der Waals surface area (Å²) in [6.07, 6.45) is 4.93. The quantitative estimate of drug-likeness (QED) is 0.201. The smallest absolute Gasteiger partial charge is 0.293 e. The van der Waals surface area contributed by atoms with Gasteiger partial charge in [0.15, 0.2) is 11.5 Å². The van der Waals surface area contributed by atoms with E-state index in [0.717, 1.165) is 22.2 Å². The molecule has 0 saturated carbocycles. The second kappa shape index (κ2) is 10.7. The second-order valence-electron chi connectivity index (χ2n) is 7.33. The number of halogens is 1. The molecule has 1 aliphatic rings. The monoisotopic (exact) mass is 555 g/mol. The van der Waals surface area contributed by atoms with Crippen LogP contribution < -0.4 is 9.47 Å². The number of ether oxygens (including phenoxy) is 2. The molecule has 0 aliphatic carbocycles. The standard InChI is InChI=1S/C24H18BrN3O6S/c1-33-20-11-16(10-18(25)22(20)34-14-15-6-8-26-9-7-15)12-21-23(29)27(24(30)35-21)13-17-4-2-3-5-19(17)28(31)32/h2-12H,13-14H2,1H3/b21-12-. The van der Waals surface area contributed by atoms with Crippen molar-refractivity contribution in [3.05, 3.63) is 97.1 Å². The Labute approximate surface area is 213 Å². The zero-order valence-electron chi connectivity index (χ0n) is 18.3. The minimum absolute atomic E-state index is 0.147. The Kier molecular flexibility index (Phi) is 7.47. The summed E-state index contributed by atoms with van der Waals surface area (Å²) >= 11 is 4.26. The first-order valence-electron chi connectivity index (χ1n) is 10.2. The van der Waals surface area contributed by atoms with E-state index < -0.39 is 16.1 Å². The minimum Gasteiger partial charge on any atom is -0.493 e. The second-order valence-corrected chi connectivity index (χ2v) is 9.18. The van der Waals surface area contributed by atoms with Crippen LogP contribution >= 0.6 is 27.7 Å². The third-order valence-corrected chi connectivity index (χ3v) is 6.57. The number of imide groups is 1. The number of rotatable bonds is 8. The van der Waals surface area contributed by atoms with Crippen LogP contribution in [0, 0.1) is 10.1 Å². The summed E-state index contributed by atoms with van der Waals surface area (Å²) in [5.74, 6) is 0.413. The number of para-hydroxylation sites is 1. The van der Waals surface area contributed by atoms with E-state index in [1.54, 1.807) is 36.7 Å². The fourth-order valence-corrected chi connectivity index (χ4v) is 4.79. The number of carbonyl (C=O) groups is 2. The average Bonchev–Trinajstić information content (AvgIpc) is 3.11.